The Labute approximate surface area is 125 Å². The minimum absolute atomic E-state index is 0.273. The Morgan fingerprint density at radius 3 is 2.81 bits per heavy atom. The Bertz CT molecular complexity index is 825. The summed E-state index contributed by atoms with van der Waals surface area (Å²) in [5, 5.41) is 5.43. The van der Waals surface area contributed by atoms with Crippen molar-refractivity contribution in [2.45, 2.75) is 18.8 Å². The van der Waals surface area contributed by atoms with Gasteiger partial charge in [0.15, 0.2) is 5.13 Å². The third kappa shape index (κ3) is 2.50. The Morgan fingerprint density at radius 1 is 1.19 bits per heavy atom. The SMILES string of the molecule is O=C(Nc1nc(C2CC2)cs1)c1cnc2ccccc2n1. The molecule has 0 radical (unpaired) electrons. The number of rotatable bonds is 3. The third-order valence-corrected chi connectivity index (χ3v) is 4.20. The average Bonchev–Trinajstić information content (AvgIpc) is 3.27. The molecule has 1 fully saturated rings. The smallest absolute Gasteiger partial charge is 0.277 e. The molecule has 0 aliphatic heterocycles. The highest BCUT2D eigenvalue weighted by atomic mass is 32.1. The van der Waals surface area contributed by atoms with Gasteiger partial charge in [-0.25, -0.2) is 9.97 Å². The van der Waals surface area contributed by atoms with E-state index >= 15 is 0 Å². The van der Waals surface area contributed by atoms with Crippen LogP contribution >= 0.6 is 11.3 Å². The van der Waals surface area contributed by atoms with E-state index in [1.807, 2.05) is 29.6 Å². The second-order valence-electron chi connectivity index (χ2n) is 5.05. The van der Waals surface area contributed by atoms with Crippen molar-refractivity contribution in [2.75, 3.05) is 5.32 Å². The minimum atomic E-state index is -0.273. The quantitative estimate of drug-likeness (QED) is 0.806. The number of nitrogens with one attached hydrogen (secondary N) is 1. The normalized spacial score (nSPS) is 14.3. The average molecular weight is 296 g/mol. The number of amides is 1. The first-order valence-electron chi connectivity index (χ1n) is 6.78. The van der Waals surface area contributed by atoms with Crippen LogP contribution in [0.5, 0.6) is 0 Å². The maximum Gasteiger partial charge on any atom is 0.277 e. The highest BCUT2D eigenvalue weighted by molar-refractivity contribution is 7.14. The molecule has 2 heterocycles. The second-order valence-corrected chi connectivity index (χ2v) is 5.91. The van der Waals surface area contributed by atoms with Gasteiger partial charge in [-0.2, -0.15) is 0 Å². The van der Waals surface area contributed by atoms with Crippen molar-refractivity contribution in [1.29, 1.82) is 0 Å². The number of hydrogen-bond donors (Lipinski definition) is 1. The zero-order valence-electron chi connectivity index (χ0n) is 11.1. The molecule has 0 spiro atoms. The van der Waals surface area contributed by atoms with Crippen molar-refractivity contribution in [3.05, 3.63) is 47.2 Å². The van der Waals surface area contributed by atoms with Crippen molar-refractivity contribution in [3.63, 3.8) is 0 Å². The third-order valence-electron chi connectivity index (χ3n) is 3.42. The molecule has 6 heteroatoms. The van der Waals surface area contributed by atoms with Crippen LogP contribution in [0.4, 0.5) is 5.13 Å². The number of aromatic nitrogens is 3. The summed E-state index contributed by atoms with van der Waals surface area (Å²) in [4.78, 5) is 25.2. The number of anilines is 1. The zero-order chi connectivity index (χ0) is 14.2. The molecule has 0 bridgehead atoms. The van der Waals surface area contributed by atoms with Crippen LogP contribution in [0.15, 0.2) is 35.8 Å². The van der Waals surface area contributed by atoms with Gasteiger partial charge in [-0.1, -0.05) is 12.1 Å². The van der Waals surface area contributed by atoms with E-state index in [0.717, 1.165) is 11.2 Å². The van der Waals surface area contributed by atoms with Crippen molar-refractivity contribution in [2.24, 2.45) is 0 Å². The number of para-hydroxylation sites is 2. The van der Waals surface area contributed by atoms with Gasteiger partial charge in [-0.3, -0.25) is 15.1 Å². The van der Waals surface area contributed by atoms with Gasteiger partial charge in [0, 0.05) is 11.3 Å². The molecule has 1 saturated carbocycles. The lowest BCUT2D eigenvalue weighted by molar-refractivity contribution is 0.102. The van der Waals surface area contributed by atoms with Crippen LogP contribution in [0.3, 0.4) is 0 Å². The molecule has 0 saturated heterocycles. The highest BCUT2D eigenvalue weighted by Gasteiger charge is 2.26. The van der Waals surface area contributed by atoms with Crippen LogP contribution in [0.1, 0.15) is 34.9 Å². The van der Waals surface area contributed by atoms with Gasteiger partial charge < -0.3 is 0 Å². The summed E-state index contributed by atoms with van der Waals surface area (Å²) in [6, 6.07) is 7.48. The maximum absolute atomic E-state index is 12.2. The van der Waals surface area contributed by atoms with Gasteiger partial charge in [-0.05, 0) is 25.0 Å². The molecule has 0 unspecified atom stereocenters. The predicted molar refractivity (Wildman–Crippen MR) is 81.6 cm³/mol. The van der Waals surface area contributed by atoms with E-state index in [9.17, 15) is 4.79 Å². The summed E-state index contributed by atoms with van der Waals surface area (Å²) < 4.78 is 0. The van der Waals surface area contributed by atoms with Crippen molar-refractivity contribution < 1.29 is 4.79 Å². The summed E-state index contributed by atoms with van der Waals surface area (Å²) in [6.07, 6.45) is 3.90. The van der Waals surface area contributed by atoms with Gasteiger partial charge in [0.05, 0.1) is 22.9 Å². The van der Waals surface area contributed by atoms with E-state index in [2.05, 4.69) is 20.3 Å². The Hall–Kier alpha value is -2.34. The molecule has 4 rings (SSSR count). The number of carbonyl (C=O) groups excluding carboxylic acids is 1. The Kier molecular flexibility index (Phi) is 2.89. The molecule has 104 valence electrons. The fourth-order valence-electron chi connectivity index (χ4n) is 2.14. The van der Waals surface area contributed by atoms with Crippen molar-refractivity contribution >= 4 is 33.4 Å². The van der Waals surface area contributed by atoms with E-state index < -0.39 is 0 Å². The lowest BCUT2D eigenvalue weighted by Gasteiger charge is -2.02. The van der Waals surface area contributed by atoms with E-state index in [4.69, 9.17) is 0 Å². The molecule has 2 aromatic heterocycles. The Balaban J connectivity index is 1.57. The fraction of sp³-hybridized carbons (Fsp3) is 0.200. The standard InChI is InChI=1S/C15H12N4OS/c20-14(19-15-18-13(8-21-15)9-5-6-9)12-7-16-10-3-1-2-4-11(10)17-12/h1-4,7-9H,5-6H2,(H,18,19,20). The van der Waals surface area contributed by atoms with E-state index in [1.54, 1.807) is 0 Å². The molecule has 1 N–H and O–H groups in total. The fourth-order valence-corrected chi connectivity index (χ4v) is 2.93. The monoisotopic (exact) mass is 296 g/mol. The van der Waals surface area contributed by atoms with Gasteiger partial charge in [-0.15, -0.1) is 11.3 Å². The van der Waals surface area contributed by atoms with Crippen molar-refractivity contribution in [1.82, 2.24) is 15.0 Å². The summed E-state index contributed by atoms with van der Waals surface area (Å²) in [5.41, 5.74) is 2.87. The zero-order valence-corrected chi connectivity index (χ0v) is 11.9. The topological polar surface area (TPSA) is 67.8 Å². The molecule has 1 aromatic carbocycles. The second kappa shape index (κ2) is 4.89. The first-order valence-corrected chi connectivity index (χ1v) is 7.66. The molecule has 21 heavy (non-hydrogen) atoms. The number of carbonyl (C=O) groups is 1. The maximum atomic E-state index is 12.2. The summed E-state index contributed by atoms with van der Waals surface area (Å²) in [5.74, 6) is 0.317. The molecule has 1 aliphatic carbocycles. The van der Waals surface area contributed by atoms with Crippen LogP contribution in [-0.4, -0.2) is 20.9 Å². The number of hydrogen-bond acceptors (Lipinski definition) is 5. The lowest BCUT2D eigenvalue weighted by Crippen LogP contribution is -2.14. The van der Waals surface area contributed by atoms with Crippen molar-refractivity contribution in [3.8, 4) is 0 Å². The molecule has 5 nitrogen and oxygen atoms in total. The summed E-state index contributed by atoms with van der Waals surface area (Å²) in [6.45, 7) is 0. The van der Waals surface area contributed by atoms with Crippen LogP contribution in [0, 0.1) is 0 Å². The first kappa shape index (κ1) is 12.4. The van der Waals surface area contributed by atoms with Gasteiger partial charge >= 0.3 is 0 Å². The lowest BCUT2D eigenvalue weighted by atomic mass is 10.3. The van der Waals surface area contributed by atoms with Gasteiger partial charge in [0.1, 0.15) is 5.69 Å². The number of benzene rings is 1. The number of thiazole rings is 1. The number of fused-ring (bicyclic) bond motifs is 1. The van der Waals surface area contributed by atoms with E-state index in [-0.39, 0.29) is 5.91 Å². The number of nitrogens with zero attached hydrogens (tertiary/aromatic N) is 3. The van der Waals surface area contributed by atoms with Crippen LogP contribution in [0.2, 0.25) is 0 Å². The summed E-state index contributed by atoms with van der Waals surface area (Å²) >= 11 is 1.45. The van der Waals surface area contributed by atoms with Crippen LogP contribution < -0.4 is 5.32 Å². The van der Waals surface area contributed by atoms with Gasteiger partial charge in [0.2, 0.25) is 0 Å². The van der Waals surface area contributed by atoms with Gasteiger partial charge in [0.25, 0.3) is 5.91 Å². The molecule has 1 aliphatic rings. The molecular weight excluding hydrogens is 284 g/mol. The van der Waals surface area contributed by atoms with E-state index in [0.29, 0.717) is 22.3 Å². The van der Waals surface area contributed by atoms with E-state index in [1.165, 1.54) is 30.4 Å². The highest BCUT2D eigenvalue weighted by Crippen LogP contribution is 2.40. The predicted octanol–water partition coefficient (Wildman–Crippen LogP) is 3.22. The largest absolute Gasteiger partial charge is 0.296 e. The summed E-state index contributed by atoms with van der Waals surface area (Å²) in [7, 11) is 0. The first-order chi connectivity index (χ1) is 10.3. The molecular formula is C15H12N4OS. The minimum Gasteiger partial charge on any atom is -0.296 e. The Morgan fingerprint density at radius 2 is 2.00 bits per heavy atom. The molecule has 0 atom stereocenters. The van der Waals surface area contributed by atoms with Crippen LogP contribution in [0.25, 0.3) is 11.0 Å². The van der Waals surface area contributed by atoms with Crippen LogP contribution in [-0.2, 0) is 0 Å². The molecule has 1 amide bonds. The molecule has 3 aromatic rings.